The van der Waals surface area contributed by atoms with Crippen molar-refractivity contribution in [2.24, 2.45) is 0 Å². The summed E-state index contributed by atoms with van der Waals surface area (Å²) in [5, 5.41) is 8.82. The Morgan fingerprint density at radius 2 is 1.80 bits per heavy atom. The maximum absolute atomic E-state index is 8.82. The summed E-state index contributed by atoms with van der Waals surface area (Å²) in [5.41, 5.74) is 2.11. The van der Waals surface area contributed by atoms with Crippen molar-refractivity contribution in [3.63, 3.8) is 0 Å². The summed E-state index contributed by atoms with van der Waals surface area (Å²) in [7, 11) is 0. The Balaban J connectivity index is 2.96. The van der Waals surface area contributed by atoms with E-state index in [2.05, 4.69) is 6.92 Å². The maximum Gasteiger partial charge on any atom is 0.0684 e. The minimum absolute atomic E-state index is 0.117. The van der Waals surface area contributed by atoms with Gasteiger partial charge in [0.25, 0.3) is 0 Å². The average molecular weight is 135 g/mol. The van der Waals surface area contributed by atoms with Gasteiger partial charge in [0, 0.05) is 0 Å². The Morgan fingerprint density at radius 3 is 2.20 bits per heavy atom. The molecule has 0 heterocycles. The van der Waals surface area contributed by atoms with Crippen molar-refractivity contribution in [1.29, 1.82) is 0 Å². The van der Waals surface area contributed by atoms with Crippen LogP contribution in [0.25, 0.3) is 0 Å². The first kappa shape index (κ1) is 7.29. The highest BCUT2D eigenvalue weighted by Gasteiger charge is 1.94. The molecule has 0 spiro atoms. The van der Waals surface area contributed by atoms with Crippen LogP contribution in [-0.4, -0.2) is 5.11 Å². The lowest BCUT2D eigenvalue weighted by Gasteiger charge is -2.01. The Hall–Kier alpha value is -0.820. The van der Waals surface area contributed by atoms with Crippen LogP contribution in [-0.2, 0) is 13.0 Å². The molecule has 0 saturated heterocycles. The van der Waals surface area contributed by atoms with Crippen molar-refractivity contribution < 1.29 is 5.11 Å². The Labute approximate surface area is 61.3 Å². The first-order valence-electron chi connectivity index (χ1n) is 3.35. The molecule has 0 aliphatic heterocycles. The number of rotatable bonds is 2. The third kappa shape index (κ3) is 1.36. The number of aliphatic hydroxyl groups excluding tert-OH is 1. The molecule has 0 unspecified atom stereocenters. The third-order valence-corrected chi connectivity index (χ3v) is 1.56. The summed E-state index contributed by atoms with van der Waals surface area (Å²) in [6.07, 6.45) is 0.747. The van der Waals surface area contributed by atoms with E-state index in [-0.39, 0.29) is 6.61 Å². The highest BCUT2D eigenvalue weighted by molar-refractivity contribution is 5.26. The fourth-order valence-electron chi connectivity index (χ4n) is 0.956. The van der Waals surface area contributed by atoms with Crippen LogP contribution in [0.5, 0.6) is 0 Å². The zero-order valence-corrected chi connectivity index (χ0v) is 5.88. The predicted molar refractivity (Wildman–Crippen MR) is 41.4 cm³/mol. The summed E-state index contributed by atoms with van der Waals surface area (Å²) < 4.78 is 0. The fraction of sp³-hybridized carbons (Fsp3) is 0.222. The van der Waals surface area contributed by atoms with E-state index >= 15 is 0 Å². The van der Waals surface area contributed by atoms with E-state index in [0.29, 0.717) is 0 Å². The third-order valence-electron chi connectivity index (χ3n) is 1.56. The normalized spacial score (nSPS) is 9.80. The number of benzene rings is 1. The molecule has 0 atom stereocenters. The molecule has 1 nitrogen and oxygen atoms in total. The number of aliphatic hydroxyl groups is 1. The van der Waals surface area contributed by atoms with Crippen LogP contribution in [0.15, 0.2) is 24.3 Å². The largest absolute Gasteiger partial charge is 0.392 e. The van der Waals surface area contributed by atoms with Gasteiger partial charge >= 0.3 is 0 Å². The van der Waals surface area contributed by atoms with Gasteiger partial charge in [-0.2, -0.15) is 0 Å². The van der Waals surface area contributed by atoms with Gasteiger partial charge in [-0.1, -0.05) is 24.3 Å². The summed E-state index contributed by atoms with van der Waals surface area (Å²) in [6, 6.07) is 7.78. The van der Waals surface area contributed by atoms with Crippen LogP contribution in [0.2, 0.25) is 0 Å². The van der Waals surface area contributed by atoms with Crippen LogP contribution in [0.3, 0.4) is 0 Å². The van der Waals surface area contributed by atoms with E-state index in [4.69, 9.17) is 5.11 Å². The molecule has 0 aliphatic carbocycles. The molecular weight excluding hydrogens is 124 g/mol. The molecule has 1 aromatic carbocycles. The molecule has 0 bridgehead atoms. The van der Waals surface area contributed by atoms with Crippen LogP contribution in [0.4, 0.5) is 0 Å². The zero-order chi connectivity index (χ0) is 7.40. The molecule has 0 amide bonds. The van der Waals surface area contributed by atoms with Crippen molar-refractivity contribution >= 4 is 0 Å². The summed E-state index contributed by atoms with van der Waals surface area (Å²) in [4.78, 5) is 0. The van der Waals surface area contributed by atoms with Crippen LogP contribution in [0.1, 0.15) is 11.1 Å². The molecular formula is C9H11O. The van der Waals surface area contributed by atoms with Gasteiger partial charge in [-0.05, 0) is 24.5 Å². The van der Waals surface area contributed by atoms with E-state index in [9.17, 15) is 0 Å². The Kier molecular flexibility index (Phi) is 2.46. The van der Waals surface area contributed by atoms with Gasteiger partial charge in [0.1, 0.15) is 0 Å². The summed E-state index contributed by atoms with van der Waals surface area (Å²) in [6.45, 7) is 3.87. The maximum atomic E-state index is 8.82. The smallest absolute Gasteiger partial charge is 0.0684 e. The second-order valence-electron chi connectivity index (χ2n) is 2.18. The van der Waals surface area contributed by atoms with Gasteiger partial charge in [-0.15, -0.1) is 0 Å². The molecule has 1 aromatic rings. The molecule has 1 rings (SSSR count). The highest BCUT2D eigenvalue weighted by atomic mass is 16.3. The molecule has 53 valence electrons. The molecule has 0 saturated carbocycles. The van der Waals surface area contributed by atoms with E-state index in [1.807, 2.05) is 24.3 Å². The molecule has 1 N–H and O–H groups in total. The number of hydrogen-bond acceptors (Lipinski definition) is 1. The predicted octanol–water partition coefficient (Wildman–Crippen LogP) is 1.56. The lowest BCUT2D eigenvalue weighted by atomic mass is 10.1. The monoisotopic (exact) mass is 135 g/mol. The second kappa shape index (κ2) is 3.37. The SMILES string of the molecule is [CH2]Cc1ccccc1CO. The summed E-state index contributed by atoms with van der Waals surface area (Å²) in [5.74, 6) is 0. The van der Waals surface area contributed by atoms with Crippen molar-refractivity contribution in [2.75, 3.05) is 0 Å². The van der Waals surface area contributed by atoms with Gasteiger partial charge in [0.15, 0.2) is 0 Å². The van der Waals surface area contributed by atoms with Crippen molar-refractivity contribution in [3.05, 3.63) is 42.3 Å². The first-order chi connectivity index (χ1) is 4.88. The second-order valence-corrected chi connectivity index (χ2v) is 2.18. The average Bonchev–Trinajstić information content (AvgIpc) is 2.04. The summed E-state index contributed by atoms with van der Waals surface area (Å²) >= 11 is 0. The molecule has 1 heteroatoms. The van der Waals surface area contributed by atoms with Gasteiger partial charge in [-0.3, -0.25) is 0 Å². The standard InChI is InChI=1S/C9H11O/c1-2-8-5-3-4-6-9(8)7-10/h3-6,10H,1-2,7H2. The van der Waals surface area contributed by atoms with Gasteiger partial charge < -0.3 is 5.11 Å². The van der Waals surface area contributed by atoms with Gasteiger partial charge in [0.2, 0.25) is 0 Å². The molecule has 0 aromatic heterocycles. The quantitative estimate of drug-likeness (QED) is 0.652. The van der Waals surface area contributed by atoms with E-state index in [1.54, 1.807) is 0 Å². The van der Waals surface area contributed by atoms with Gasteiger partial charge in [0.05, 0.1) is 6.61 Å². The van der Waals surface area contributed by atoms with Crippen molar-refractivity contribution in [1.82, 2.24) is 0 Å². The molecule has 0 fully saturated rings. The lowest BCUT2D eigenvalue weighted by molar-refractivity contribution is 0.281. The van der Waals surface area contributed by atoms with E-state index in [1.165, 1.54) is 0 Å². The van der Waals surface area contributed by atoms with Crippen molar-refractivity contribution in [3.8, 4) is 0 Å². The minimum atomic E-state index is 0.117. The fourth-order valence-corrected chi connectivity index (χ4v) is 0.956. The van der Waals surface area contributed by atoms with Crippen LogP contribution < -0.4 is 0 Å². The van der Waals surface area contributed by atoms with Crippen LogP contribution >= 0.6 is 0 Å². The number of hydrogen-bond donors (Lipinski definition) is 1. The zero-order valence-electron chi connectivity index (χ0n) is 5.88. The van der Waals surface area contributed by atoms with E-state index < -0.39 is 0 Å². The Morgan fingerprint density at radius 1 is 1.20 bits per heavy atom. The first-order valence-corrected chi connectivity index (χ1v) is 3.35. The molecule has 0 aliphatic rings. The highest BCUT2D eigenvalue weighted by Crippen LogP contribution is 2.07. The molecule has 10 heavy (non-hydrogen) atoms. The Bertz CT molecular complexity index is 183. The molecule has 1 radical (unpaired) electrons. The van der Waals surface area contributed by atoms with Crippen molar-refractivity contribution in [2.45, 2.75) is 13.0 Å². The van der Waals surface area contributed by atoms with Crippen LogP contribution in [0, 0.1) is 6.92 Å². The van der Waals surface area contributed by atoms with E-state index in [0.717, 1.165) is 17.5 Å². The minimum Gasteiger partial charge on any atom is -0.392 e. The van der Waals surface area contributed by atoms with Gasteiger partial charge in [-0.25, -0.2) is 0 Å². The lowest BCUT2D eigenvalue weighted by Crippen LogP contribution is -1.90. The topological polar surface area (TPSA) is 20.2 Å².